The van der Waals surface area contributed by atoms with Gasteiger partial charge in [0.15, 0.2) is 0 Å². The summed E-state index contributed by atoms with van der Waals surface area (Å²) in [7, 11) is 0. The van der Waals surface area contributed by atoms with E-state index in [9.17, 15) is 20.4 Å². The smallest absolute Gasteiger partial charge is 0.109 e. The van der Waals surface area contributed by atoms with Gasteiger partial charge < -0.3 is 25.7 Å². The third-order valence-corrected chi connectivity index (χ3v) is 6.12. The van der Waals surface area contributed by atoms with Crippen molar-refractivity contribution in [3.63, 3.8) is 0 Å². The molecule has 3 rings (SSSR count). The molecule has 2 aromatic rings. The molecule has 170 valence electrons. The number of likely N-dealkylation sites (tertiary alicyclic amines) is 1. The van der Waals surface area contributed by atoms with Gasteiger partial charge in [-0.1, -0.05) is 25.0 Å². The predicted molar refractivity (Wildman–Crippen MR) is 122 cm³/mol. The van der Waals surface area contributed by atoms with Gasteiger partial charge in [-0.05, 0) is 61.2 Å². The minimum atomic E-state index is -1.19. The van der Waals surface area contributed by atoms with Crippen LogP contribution < -0.4 is 5.32 Å². The second-order valence-electron chi connectivity index (χ2n) is 8.41. The number of hydrogen-bond acceptors (Lipinski definition) is 7. The molecule has 0 unspecified atom stereocenters. The number of aliphatic hydroxyl groups excluding tert-OH is 4. The molecule has 2 heterocycles. The lowest BCUT2D eigenvalue weighted by molar-refractivity contribution is -0.145. The highest BCUT2D eigenvalue weighted by molar-refractivity contribution is 5.67. The first kappa shape index (κ1) is 23.6. The van der Waals surface area contributed by atoms with Crippen LogP contribution in [0.3, 0.4) is 0 Å². The molecule has 0 aliphatic carbocycles. The highest BCUT2D eigenvalue weighted by atomic mass is 16.4. The van der Waals surface area contributed by atoms with Crippen LogP contribution in [0.1, 0.15) is 31.2 Å². The van der Waals surface area contributed by atoms with Crippen LogP contribution in [0.25, 0.3) is 11.1 Å². The molecule has 7 heteroatoms. The first-order valence-electron chi connectivity index (χ1n) is 11.1. The topological polar surface area (TPSA) is 109 Å². The molecular formula is C24H35N3O4. The number of pyridine rings is 1. The predicted octanol–water partition coefficient (Wildman–Crippen LogP) is 1.79. The van der Waals surface area contributed by atoms with Gasteiger partial charge in [0.2, 0.25) is 0 Å². The Hall–Kier alpha value is -2.03. The number of hydrogen-bond donors (Lipinski definition) is 5. The van der Waals surface area contributed by atoms with E-state index < -0.39 is 24.4 Å². The molecule has 1 aliphatic heterocycles. The summed E-state index contributed by atoms with van der Waals surface area (Å²) < 4.78 is 0. The number of aliphatic hydroxyl groups is 4. The summed E-state index contributed by atoms with van der Waals surface area (Å²) in [6.45, 7) is 3.75. The molecule has 1 aromatic heterocycles. The number of aromatic nitrogens is 1. The lowest BCUT2D eigenvalue weighted by Crippen LogP contribution is -2.62. The highest BCUT2D eigenvalue weighted by Crippen LogP contribution is 2.24. The summed E-state index contributed by atoms with van der Waals surface area (Å²) in [5.74, 6) is 0. The summed E-state index contributed by atoms with van der Waals surface area (Å²) in [6, 6.07) is 9.90. The fourth-order valence-electron chi connectivity index (χ4n) is 4.23. The van der Waals surface area contributed by atoms with Gasteiger partial charge >= 0.3 is 0 Å². The van der Waals surface area contributed by atoms with Crippen LogP contribution in [0.5, 0.6) is 0 Å². The van der Waals surface area contributed by atoms with Gasteiger partial charge in [0.05, 0.1) is 18.8 Å². The first-order chi connectivity index (χ1) is 15.0. The fraction of sp³-hybridized carbons (Fsp3) is 0.542. The number of anilines is 1. The van der Waals surface area contributed by atoms with E-state index in [0.29, 0.717) is 6.54 Å². The molecule has 1 aliphatic rings. The van der Waals surface area contributed by atoms with Gasteiger partial charge in [-0.15, -0.1) is 0 Å². The Morgan fingerprint density at radius 2 is 1.84 bits per heavy atom. The van der Waals surface area contributed by atoms with E-state index in [1.807, 2.05) is 17.2 Å². The summed E-state index contributed by atoms with van der Waals surface area (Å²) in [4.78, 5) is 6.06. The maximum atomic E-state index is 10.0. The van der Waals surface area contributed by atoms with E-state index in [2.05, 4.69) is 41.5 Å². The lowest BCUT2D eigenvalue weighted by Gasteiger charge is -2.43. The van der Waals surface area contributed by atoms with Gasteiger partial charge in [-0.3, -0.25) is 9.88 Å². The first-order valence-corrected chi connectivity index (χ1v) is 11.1. The molecule has 7 nitrogen and oxygen atoms in total. The molecule has 1 aromatic carbocycles. The van der Waals surface area contributed by atoms with Crippen LogP contribution in [-0.4, -0.2) is 80.9 Å². The number of unbranched alkanes of at least 4 members (excludes halogenated alkanes) is 3. The van der Waals surface area contributed by atoms with Gasteiger partial charge in [0.1, 0.15) is 12.2 Å². The Morgan fingerprint density at radius 1 is 1.03 bits per heavy atom. The lowest BCUT2D eigenvalue weighted by atomic mass is 9.94. The van der Waals surface area contributed by atoms with Gasteiger partial charge in [0.25, 0.3) is 0 Å². The monoisotopic (exact) mass is 429 g/mol. The number of rotatable bonds is 10. The van der Waals surface area contributed by atoms with Crippen molar-refractivity contribution in [3.8, 4) is 11.1 Å². The van der Waals surface area contributed by atoms with Crippen LogP contribution in [0.2, 0.25) is 0 Å². The van der Waals surface area contributed by atoms with E-state index in [4.69, 9.17) is 0 Å². The second-order valence-corrected chi connectivity index (χ2v) is 8.41. The minimum Gasteiger partial charge on any atom is -0.395 e. The third kappa shape index (κ3) is 6.24. The van der Waals surface area contributed by atoms with E-state index in [-0.39, 0.29) is 13.2 Å². The molecule has 0 amide bonds. The second kappa shape index (κ2) is 11.5. The Kier molecular flexibility index (Phi) is 8.80. The van der Waals surface area contributed by atoms with Gasteiger partial charge in [-0.2, -0.15) is 0 Å². The van der Waals surface area contributed by atoms with Crippen molar-refractivity contribution in [2.24, 2.45) is 0 Å². The highest BCUT2D eigenvalue weighted by Gasteiger charge is 2.40. The SMILES string of the molecule is Cc1cc(-c2cccnc2)ccc1NCCCCCCN1C[C@H](O)[C@@H](O)[C@H](O)[C@H]1CO. The molecule has 1 saturated heterocycles. The zero-order valence-corrected chi connectivity index (χ0v) is 18.2. The molecule has 0 saturated carbocycles. The Labute approximate surface area is 184 Å². The Bertz CT molecular complexity index is 805. The summed E-state index contributed by atoms with van der Waals surface area (Å²) in [5, 5.41) is 42.7. The number of nitrogens with one attached hydrogen (secondary N) is 1. The van der Waals surface area contributed by atoms with E-state index in [1.165, 1.54) is 5.56 Å². The van der Waals surface area contributed by atoms with Crippen molar-refractivity contribution in [2.45, 2.75) is 57.0 Å². The largest absolute Gasteiger partial charge is 0.395 e. The average Bonchev–Trinajstić information content (AvgIpc) is 2.78. The van der Waals surface area contributed by atoms with Crippen LogP contribution in [0, 0.1) is 6.92 Å². The number of piperidine rings is 1. The molecule has 31 heavy (non-hydrogen) atoms. The number of benzene rings is 1. The maximum absolute atomic E-state index is 10.0. The van der Waals surface area contributed by atoms with Gasteiger partial charge in [0, 0.05) is 31.2 Å². The number of nitrogens with zero attached hydrogens (tertiary/aromatic N) is 2. The molecule has 0 radical (unpaired) electrons. The minimum absolute atomic E-state index is 0.228. The number of β-amino-alcohol motifs (C(OH)–C–C–N with tert-alkyl or cyclic N) is 1. The van der Waals surface area contributed by atoms with Crippen LogP contribution in [0.4, 0.5) is 5.69 Å². The average molecular weight is 430 g/mol. The van der Waals surface area contributed by atoms with Crippen LogP contribution in [-0.2, 0) is 0 Å². The zero-order valence-electron chi connectivity index (χ0n) is 18.2. The van der Waals surface area contributed by atoms with Crippen molar-refractivity contribution in [2.75, 3.05) is 31.6 Å². The third-order valence-electron chi connectivity index (χ3n) is 6.12. The molecule has 0 bridgehead atoms. The van der Waals surface area contributed by atoms with Gasteiger partial charge in [-0.25, -0.2) is 0 Å². The van der Waals surface area contributed by atoms with E-state index in [1.54, 1.807) is 6.20 Å². The van der Waals surface area contributed by atoms with E-state index in [0.717, 1.165) is 49.0 Å². The van der Waals surface area contributed by atoms with Crippen molar-refractivity contribution >= 4 is 5.69 Å². The zero-order chi connectivity index (χ0) is 22.2. The quantitative estimate of drug-likeness (QED) is 0.366. The Balaban J connectivity index is 1.35. The van der Waals surface area contributed by atoms with E-state index >= 15 is 0 Å². The molecule has 1 fully saturated rings. The normalized spacial score (nSPS) is 24.3. The fourth-order valence-corrected chi connectivity index (χ4v) is 4.23. The van der Waals surface area contributed by atoms with Crippen molar-refractivity contribution < 1.29 is 20.4 Å². The standard InChI is InChI=1S/C24H35N3O4/c1-17-13-18(19-7-6-10-25-14-19)8-9-20(17)26-11-4-2-3-5-12-27-15-22(29)24(31)23(30)21(27)16-28/h6-10,13-14,21-24,26,28-31H,2-5,11-12,15-16H2,1H3/t21-,22+,23-,24-/m1/s1. The Morgan fingerprint density at radius 3 is 2.55 bits per heavy atom. The summed E-state index contributed by atoms with van der Waals surface area (Å²) in [6.07, 6.45) is 4.44. The van der Waals surface area contributed by atoms with Crippen LogP contribution in [0.15, 0.2) is 42.7 Å². The molecule has 5 N–H and O–H groups in total. The summed E-state index contributed by atoms with van der Waals surface area (Å²) >= 11 is 0. The van der Waals surface area contributed by atoms with Crippen LogP contribution >= 0.6 is 0 Å². The molecule has 4 atom stereocenters. The van der Waals surface area contributed by atoms with Crippen molar-refractivity contribution in [1.29, 1.82) is 0 Å². The summed E-state index contributed by atoms with van der Waals surface area (Å²) in [5.41, 5.74) is 4.63. The van der Waals surface area contributed by atoms with Crippen molar-refractivity contribution in [3.05, 3.63) is 48.3 Å². The maximum Gasteiger partial charge on any atom is 0.109 e. The van der Waals surface area contributed by atoms with Crippen molar-refractivity contribution in [1.82, 2.24) is 9.88 Å². The molecular weight excluding hydrogens is 394 g/mol. The number of aryl methyl sites for hydroxylation is 1. The molecule has 0 spiro atoms.